The van der Waals surface area contributed by atoms with Crippen LogP contribution in [0.1, 0.15) is 63.1 Å². The predicted molar refractivity (Wildman–Crippen MR) is 88.4 cm³/mol. The summed E-state index contributed by atoms with van der Waals surface area (Å²) in [6.07, 6.45) is 9.39. The Labute approximate surface area is 128 Å². The lowest BCUT2D eigenvalue weighted by Crippen LogP contribution is -2.40. The molecule has 0 bridgehead atoms. The summed E-state index contributed by atoms with van der Waals surface area (Å²) in [6.45, 7) is 7.85. The minimum atomic E-state index is 0.634. The second-order valence-corrected chi connectivity index (χ2v) is 7.29. The molecule has 2 nitrogen and oxygen atoms in total. The third-order valence-electron chi connectivity index (χ3n) is 4.69. The molecule has 1 N–H and O–H groups in total. The van der Waals surface area contributed by atoms with E-state index in [2.05, 4.69) is 36.5 Å². The summed E-state index contributed by atoms with van der Waals surface area (Å²) >= 11 is 1.83. The molecule has 3 atom stereocenters. The van der Waals surface area contributed by atoms with Gasteiger partial charge in [0.25, 0.3) is 0 Å². The summed E-state index contributed by atoms with van der Waals surface area (Å²) < 4.78 is 0. The van der Waals surface area contributed by atoms with Crippen molar-refractivity contribution in [2.24, 2.45) is 11.8 Å². The van der Waals surface area contributed by atoms with Crippen LogP contribution in [0.15, 0.2) is 5.38 Å². The number of aromatic nitrogens is 1. The number of aryl methyl sites for hydroxylation is 1. The van der Waals surface area contributed by atoms with Gasteiger partial charge >= 0.3 is 0 Å². The number of hydrogen-bond acceptors (Lipinski definition) is 3. The largest absolute Gasteiger partial charge is 0.313 e. The smallest absolute Gasteiger partial charge is 0.0943 e. The van der Waals surface area contributed by atoms with Gasteiger partial charge in [0.05, 0.1) is 5.01 Å². The lowest BCUT2D eigenvalue weighted by Gasteiger charge is -2.34. The molecular weight excluding hydrogens is 264 g/mol. The van der Waals surface area contributed by atoms with E-state index in [1.54, 1.807) is 0 Å². The van der Waals surface area contributed by atoms with Crippen molar-refractivity contribution in [3.8, 4) is 0 Å². The average Bonchev–Trinajstić information content (AvgIpc) is 2.88. The van der Waals surface area contributed by atoms with Crippen LogP contribution < -0.4 is 5.32 Å². The van der Waals surface area contributed by atoms with E-state index in [1.807, 2.05) is 11.3 Å². The van der Waals surface area contributed by atoms with Crippen LogP contribution in [0.25, 0.3) is 0 Å². The van der Waals surface area contributed by atoms with Crippen molar-refractivity contribution in [2.45, 2.75) is 71.8 Å². The molecule has 1 aromatic heterocycles. The molecule has 1 aliphatic rings. The van der Waals surface area contributed by atoms with Crippen LogP contribution in [-0.4, -0.2) is 17.6 Å². The Hall–Kier alpha value is -0.410. The molecule has 1 heterocycles. The maximum absolute atomic E-state index is 4.67. The van der Waals surface area contributed by atoms with Crippen molar-refractivity contribution >= 4 is 11.3 Å². The number of nitrogens with zero attached hydrogens (tertiary/aromatic N) is 1. The Balaban J connectivity index is 1.98. The van der Waals surface area contributed by atoms with Crippen LogP contribution >= 0.6 is 11.3 Å². The first-order valence-corrected chi connectivity index (χ1v) is 9.25. The van der Waals surface area contributed by atoms with Gasteiger partial charge in [-0.3, -0.25) is 0 Å². The van der Waals surface area contributed by atoms with E-state index in [9.17, 15) is 0 Å². The van der Waals surface area contributed by atoms with Gasteiger partial charge in [0.15, 0.2) is 0 Å². The fourth-order valence-electron chi connectivity index (χ4n) is 3.49. The summed E-state index contributed by atoms with van der Waals surface area (Å²) in [7, 11) is 0. The summed E-state index contributed by atoms with van der Waals surface area (Å²) in [4.78, 5) is 4.67. The van der Waals surface area contributed by atoms with Crippen molar-refractivity contribution in [3.63, 3.8) is 0 Å². The standard InChI is InChI=1S/C17H30N2S/c1-4-9-18-16(11-17-19-13(3)12-20-17)15-8-6-7-14(5-2)10-15/h12,14-16,18H,4-11H2,1-3H3. The zero-order chi connectivity index (χ0) is 14.4. The maximum Gasteiger partial charge on any atom is 0.0943 e. The second kappa shape index (κ2) is 8.14. The topological polar surface area (TPSA) is 24.9 Å². The number of thiazole rings is 1. The fourth-order valence-corrected chi connectivity index (χ4v) is 4.32. The quantitative estimate of drug-likeness (QED) is 0.796. The Morgan fingerprint density at radius 3 is 2.90 bits per heavy atom. The number of rotatable bonds is 7. The molecule has 0 radical (unpaired) electrons. The second-order valence-electron chi connectivity index (χ2n) is 6.35. The van der Waals surface area contributed by atoms with Crippen molar-refractivity contribution in [3.05, 3.63) is 16.1 Å². The minimum absolute atomic E-state index is 0.634. The van der Waals surface area contributed by atoms with Gasteiger partial charge in [0.1, 0.15) is 0 Å². The van der Waals surface area contributed by atoms with E-state index < -0.39 is 0 Å². The van der Waals surface area contributed by atoms with Gasteiger partial charge in [-0.15, -0.1) is 11.3 Å². The molecule has 0 spiro atoms. The Bertz CT molecular complexity index is 388. The van der Waals surface area contributed by atoms with Gasteiger partial charge in [0, 0.05) is 23.5 Å². The Morgan fingerprint density at radius 1 is 1.40 bits per heavy atom. The zero-order valence-electron chi connectivity index (χ0n) is 13.3. The third kappa shape index (κ3) is 4.56. The van der Waals surface area contributed by atoms with Crippen LogP contribution in [0.4, 0.5) is 0 Å². The van der Waals surface area contributed by atoms with Gasteiger partial charge in [-0.25, -0.2) is 4.98 Å². The van der Waals surface area contributed by atoms with Crippen LogP contribution in [0.3, 0.4) is 0 Å². The van der Waals surface area contributed by atoms with E-state index in [4.69, 9.17) is 0 Å². The van der Waals surface area contributed by atoms with Crippen molar-refractivity contribution in [2.75, 3.05) is 6.54 Å². The highest BCUT2D eigenvalue weighted by atomic mass is 32.1. The zero-order valence-corrected chi connectivity index (χ0v) is 14.1. The van der Waals surface area contributed by atoms with E-state index in [1.165, 1.54) is 49.2 Å². The summed E-state index contributed by atoms with van der Waals surface area (Å²) in [5, 5.41) is 7.31. The molecule has 3 heteroatoms. The van der Waals surface area contributed by atoms with E-state index in [0.717, 1.165) is 24.8 Å². The van der Waals surface area contributed by atoms with Gasteiger partial charge < -0.3 is 5.32 Å². The molecule has 1 aliphatic carbocycles. The van der Waals surface area contributed by atoms with E-state index >= 15 is 0 Å². The summed E-state index contributed by atoms with van der Waals surface area (Å²) in [5.41, 5.74) is 1.18. The molecule has 3 unspecified atom stereocenters. The lowest BCUT2D eigenvalue weighted by molar-refractivity contribution is 0.207. The van der Waals surface area contributed by atoms with E-state index in [-0.39, 0.29) is 0 Å². The van der Waals surface area contributed by atoms with Crippen LogP contribution in [0, 0.1) is 18.8 Å². The highest BCUT2D eigenvalue weighted by molar-refractivity contribution is 7.09. The van der Waals surface area contributed by atoms with Crippen molar-refractivity contribution in [1.82, 2.24) is 10.3 Å². The van der Waals surface area contributed by atoms with Gasteiger partial charge in [-0.2, -0.15) is 0 Å². The first-order valence-electron chi connectivity index (χ1n) is 8.37. The molecule has 0 aromatic carbocycles. The minimum Gasteiger partial charge on any atom is -0.313 e. The van der Waals surface area contributed by atoms with Crippen LogP contribution in [0.2, 0.25) is 0 Å². The molecule has 114 valence electrons. The molecule has 20 heavy (non-hydrogen) atoms. The first-order chi connectivity index (χ1) is 9.72. The molecular formula is C17H30N2S. The fraction of sp³-hybridized carbons (Fsp3) is 0.824. The molecule has 1 fully saturated rings. The highest BCUT2D eigenvalue weighted by Gasteiger charge is 2.28. The maximum atomic E-state index is 4.67. The SMILES string of the molecule is CCCNC(Cc1nc(C)cs1)C1CCCC(CC)C1. The Kier molecular flexibility index (Phi) is 6.50. The lowest BCUT2D eigenvalue weighted by atomic mass is 9.76. The van der Waals surface area contributed by atoms with Crippen molar-refractivity contribution < 1.29 is 0 Å². The molecule has 0 aliphatic heterocycles. The molecule has 1 saturated carbocycles. The molecule has 2 rings (SSSR count). The summed E-state index contributed by atoms with van der Waals surface area (Å²) in [5.74, 6) is 1.81. The van der Waals surface area contributed by atoms with Crippen molar-refractivity contribution in [1.29, 1.82) is 0 Å². The molecule has 0 amide bonds. The van der Waals surface area contributed by atoms with E-state index in [0.29, 0.717) is 6.04 Å². The van der Waals surface area contributed by atoms with Gasteiger partial charge in [0.2, 0.25) is 0 Å². The third-order valence-corrected chi connectivity index (χ3v) is 5.68. The monoisotopic (exact) mass is 294 g/mol. The van der Waals surface area contributed by atoms with Crippen LogP contribution in [-0.2, 0) is 6.42 Å². The molecule has 0 saturated heterocycles. The van der Waals surface area contributed by atoms with Gasteiger partial charge in [-0.1, -0.05) is 33.1 Å². The summed E-state index contributed by atoms with van der Waals surface area (Å²) in [6, 6.07) is 0.634. The Morgan fingerprint density at radius 2 is 2.25 bits per heavy atom. The normalized spacial score (nSPS) is 24.8. The predicted octanol–water partition coefficient (Wildman–Crippen LogP) is 4.58. The highest BCUT2D eigenvalue weighted by Crippen LogP contribution is 2.34. The van der Waals surface area contributed by atoms with Gasteiger partial charge in [-0.05, 0) is 44.6 Å². The first kappa shape index (κ1) is 16.0. The van der Waals surface area contributed by atoms with Crippen LogP contribution in [0.5, 0.6) is 0 Å². The molecule has 1 aromatic rings. The average molecular weight is 295 g/mol. The number of nitrogens with one attached hydrogen (secondary N) is 1. The number of hydrogen-bond donors (Lipinski definition) is 1.